The summed E-state index contributed by atoms with van der Waals surface area (Å²) in [5, 5.41) is 0.954. The van der Waals surface area contributed by atoms with E-state index >= 15 is 0 Å². The van der Waals surface area contributed by atoms with E-state index in [0.29, 0.717) is 0 Å². The molecule has 0 radical (unpaired) electrons. The maximum atomic E-state index is 11.9. The molecule has 2 aromatic heterocycles. The van der Waals surface area contributed by atoms with Gasteiger partial charge in [-0.3, -0.25) is 9.78 Å². The first kappa shape index (κ1) is 13.4. The second kappa shape index (κ2) is 5.79. The summed E-state index contributed by atoms with van der Waals surface area (Å²) >= 11 is 0. The Morgan fingerprint density at radius 1 is 1.29 bits per heavy atom. The van der Waals surface area contributed by atoms with Crippen LogP contribution in [0, 0.1) is 6.92 Å². The number of esters is 1. The van der Waals surface area contributed by atoms with Crippen LogP contribution in [-0.4, -0.2) is 11.0 Å². The first-order chi connectivity index (χ1) is 10.2. The molecule has 0 saturated carbocycles. The molecule has 0 aliphatic heterocycles. The highest BCUT2D eigenvalue weighted by Crippen LogP contribution is 2.23. The van der Waals surface area contributed by atoms with Crippen LogP contribution < -0.4 is 0 Å². The van der Waals surface area contributed by atoms with Crippen LogP contribution in [0.4, 0.5) is 0 Å². The smallest absolute Gasteiger partial charge is 0.310 e. The molecule has 0 atom stereocenters. The molecular formula is C17H15NO3. The molecule has 0 aliphatic carbocycles. The fraction of sp³-hybridized carbons (Fsp3) is 0.176. The highest BCUT2D eigenvalue weighted by atomic mass is 16.5. The zero-order valence-corrected chi connectivity index (χ0v) is 11.7. The molecule has 0 N–H and O–H groups in total. The minimum absolute atomic E-state index is 0.189. The number of rotatable bonds is 4. The summed E-state index contributed by atoms with van der Waals surface area (Å²) in [5.74, 6) is -0.288. The number of hydrogen-bond acceptors (Lipinski definition) is 4. The fourth-order valence-corrected chi connectivity index (χ4v) is 2.17. The van der Waals surface area contributed by atoms with E-state index in [2.05, 4.69) is 4.98 Å². The van der Waals surface area contributed by atoms with Crippen LogP contribution in [0.5, 0.6) is 0 Å². The van der Waals surface area contributed by atoms with Gasteiger partial charge in [-0.1, -0.05) is 18.2 Å². The summed E-state index contributed by atoms with van der Waals surface area (Å²) in [4.78, 5) is 16.0. The molecule has 106 valence electrons. The molecule has 2 heterocycles. The molecule has 3 aromatic rings. The SMILES string of the molecule is Cc1ccc2c(CC(=O)OCc3ccccn3)coc2c1. The number of fused-ring (bicyclic) bond motifs is 1. The second-order valence-electron chi connectivity index (χ2n) is 4.92. The molecule has 0 fully saturated rings. The average molecular weight is 281 g/mol. The number of carbonyl (C=O) groups excluding carboxylic acids is 1. The number of benzene rings is 1. The molecule has 3 rings (SSSR count). The van der Waals surface area contributed by atoms with Gasteiger partial charge in [-0.2, -0.15) is 0 Å². The van der Waals surface area contributed by atoms with Crippen LogP contribution in [0.2, 0.25) is 0 Å². The standard InChI is InChI=1S/C17H15NO3/c1-12-5-6-15-13(10-20-16(15)8-12)9-17(19)21-11-14-4-2-3-7-18-14/h2-8,10H,9,11H2,1H3. The van der Waals surface area contributed by atoms with E-state index in [1.165, 1.54) is 0 Å². The predicted molar refractivity (Wildman–Crippen MR) is 78.7 cm³/mol. The third-order valence-electron chi connectivity index (χ3n) is 3.25. The van der Waals surface area contributed by atoms with Gasteiger partial charge in [0.1, 0.15) is 12.2 Å². The lowest BCUT2D eigenvalue weighted by Gasteiger charge is -2.03. The summed E-state index contributed by atoms with van der Waals surface area (Å²) in [5.41, 5.74) is 3.50. The first-order valence-corrected chi connectivity index (χ1v) is 6.74. The normalized spacial score (nSPS) is 10.7. The van der Waals surface area contributed by atoms with Crippen LogP contribution in [0.3, 0.4) is 0 Å². The van der Waals surface area contributed by atoms with E-state index in [1.54, 1.807) is 12.5 Å². The van der Waals surface area contributed by atoms with E-state index in [0.717, 1.165) is 27.8 Å². The number of nitrogens with zero attached hydrogens (tertiary/aromatic N) is 1. The van der Waals surface area contributed by atoms with Crippen molar-refractivity contribution in [2.24, 2.45) is 0 Å². The average Bonchev–Trinajstić information content (AvgIpc) is 2.88. The third kappa shape index (κ3) is 3.11. The molecule has 4 nitrogen and oxygen atoms in total. The lowest BCUT2D eigenvalue weighted by Crippen LogP contribution is -2.08. The third-order valence-corrected chi connectivity index (χ3v) is 3.25. The van der Waals surface area contributed by atoms with Crippen molar-refractivity contribution in [3.63, 3.8) is 0 Å². The second-order valence-corrected chi connectivity index (χ2v) is 4.92. The predicted octanol–water partition coefficient (Wildman–Crippen LogP) is 3.42. The van der Waals surface area contributed by atoms with Crippen molar-refractivity contribution in [2.75, 3.05) is 0 Å². The molecule has 0 bridgehead atoms. The molecule has 0 aliphatic rings. The Bertz CT molecular complexity index is 762. The minimum Gasteiger partial charge on any atom is -0.464 e. The van der Waals surface area contributed by atoms with Crippen LogP contribution >= 0.6 is 0 Å². The number of aryl methyl sites for hydroxylation is 1. The van der Waals surface area contributed by atoms with Gasteiger partial charge in [0.2, 0.25) is 0 Å². The lowest BCUT2D eigenvalue weighted by molar-refractivity contribution is -0.144. The van der Waals surface area contributed by atoms with Gasteiger partial charge in [-0.05, 0) is 30.7 Å². The topological polar surface area (TPSA) is 52.3 Å². The van der Waals surface area contributed by atoms with Gasteiger partial charge in [0, 0.05) is 17.1 Å². The van der Waals surface area contributed by atoms with Crippen molar-refractivity contribution in [3.8, 4) is 0 Å². The summed E-state index contributed by atoms with van der Waals surface area (Å²) < 4.78 is 10.7. The van der Waals surface area contributed by atoms with E-state index in [4.69, 9.17) is 9.15 Å². The van der Waals surface area contributed by atoms with Gasteiger partial charge in [0.05, 0.1) is 18.4 Å². The van der Waals surface area contributed by atoms with E-state index in [-0.39, 0.29) is 19.0 Å². The first-order valence-electron chi connectivity index (χ1n) is 6.74. The highest BCUT2D eigenvalue weighted by molar-refractivity contribution is 5.86. The van der Waals surface area contributed by atoms with Gasteiger partial charge in [-0.25, -0.2) is 0 Å². The van der Waals surface area contributed by atoms with Crippen LogP contribution in [0.15, 0.2) is 53.3 Å². The number of aromatic nitrogens is 1. The Morgan fingerprint density at radius 2 is 2.19 bits per heavy atom. The zero-order valence-electron chi connectivity index (χ0n) is 11.7. The van der Waals surface area contributed by atoms with Crippen molar-refractivity contribution in [2.45, 2.75) is 20.0 Å². The maximum Gasteiger partial charge on any atom is 0.310 e. The van der Waals surface area contributed by atoms with Gasteiger partial charge < -0.3 is 9.15 Å². The number of hydrogen-bond donors (Lipinski definition) is 0. The van der Waals surface area contributed by atoms with E-state index < -0.39 is 0 Å². The summed E-state index contributed by atoms with van der Waals surface area (Å²) in [7, 11) is 0. The van der Waals surface area contributed by atoms with Crippen molar-refractivity contribution < 1.29 is 13.9 Å². The lowest BCUT2D eigenvalue weighted by atomic mass is 10.1. The summed E-state index contributed by atoms with van der Waals surface area (Å²) in [6, 6.07) is 11.4. The van der Waals surface area contributed by atoms with Crippen LogP contribution in [0.25, 0.3) is 11.0 Å². The molecule has 0 amide bonds. The maximum absolute atomic E-state index is 11.9. The zero-order chi connectivity index (χ0) is 14.7. The van der Waals surface area contributed by atoms with Gasteiger partial charge in [0.15, 0.2) is 0 Å². The van der Waals surface area contributed by atoms with E-state index in [9.17, 15) is 4.79 Å². The number of furan rings is 1. The van der Waals surface area contributed by atoms with Crippen molar-refractivity contribution in [1.29, 1.82) is 0 Å². The Hall–Kier alpha value is -2.62. The van der Waals surface area contributed by atoms with E-state index in [1.807, 2.05) is 43.3 Å². The summed E-state index contributed by atoms with van der Waals surface area (Å²) in [6.45, 7) is 2.19. The number of ether oxygens (including phenoxy) is 1. The molecular weight excluding hydrogens is 266 g/mol. The summed E-state index contributed by atoms with van der Waals surface area (Å²) in [6.07, 6.45) is 3.49. The van der Waals surface area contributed by atoms with Crippen molar-refractivity contribution in [3.05, 3.63) is 65.7 Å². The van der Waals surface area contributed by atoms with Crippen LogP contribution in [-0.2, 0) is 22.6 Å². The minimum atomic E-state index is -0.288. The van der Waals surface area contributed by atoms with Gasteiger partial charge in [-0.15, -0.1) is 0 Å². The molecule has 4 heteroatoms. The van der Waals surface area contributed by atoms with Crippen molar-refractivity contribution in [1.82, 2.24) is 4.98 Å². The molecule has 1 aromatic carbocycles. The monoisotopic (exact) mass is 281 g/mol. The van der Waals surface area contributed by atoms with Gasteiger partial charge >= 0.3 is 5.97 Å². The fourth-order valence-electron chi connectivity index (χ4n) is 2.17. The molecule has 0 saturated heterocycles. The Kier molecular flexibility index (Phi) is 3.69. The molecule has 0 unspecified atom stereocenters. The number of pyridine rings is 1. The highest BCUT2D eigenvalue weighted by Gasteiger charge is 2.11. The van der Waals surface area contributed by atoms with Crippen LogP contribution in [0.1, 0.15) is 16.8 Å². The van der Waals surface area contributed by atoms with Crippen molar-refractivity contribution >= 4 is 16.9 Å². The molecule has 21 heavy (non-hydrogen) atoms. The molecule has 0 spiro atoms. The largest absolute Gasteiger partial charge is 0.464 e. The quantitative estimate of drug-likeness (QED) is 0.687. The Labute approximate surface area is 122 Å². The number of carbonyl (C=O) groups is 1. The Morgan fingerprint density at radius 3 is 3.00 bits per heavy atom. The van der Waals surface area contributed by atoms with Gasteiger partial charge in [0.25, 0.3) is 0 Å². The Balaban J connectivity index is 1.66.